The molecule has 2 aliphatic carbocycles. The Labute approximate surface area is 228 Å². The minimum Gasteiger partial charge on any atom is -0.192 e. The number of nitrogens with zero attached hydrogens (tertiary/aromatic N) is 8. The number of fused-ring (bicyclic) bond motifs is 4. The Morgan fingerprint density at radius 3 is 1.52 bits per heavy atom. The smallest absolute Gasteiger partial charge is 0.138 e. The van der Waals surface area contributed by atoms with Crippen LogP contribution < -0.4 is 0 Å². The molecule has 0 spiro atoms. The van der Waals surface area contributed by atoms with Crippen LogP contribution in [0.1, 0.15) is 44.5 Å². The predicted molar refractivity (Wildman–Crippen MR) is 140 cm³/mol. The summed E-state index contributed by atoms with van der Waals surface area (Å²) in [5.41, 5.74) is 4.26. The van der Waals surface area contributed by atoms with E-state index in [1.165, 1.54) is 12.1 Å². The second-order valence-electron chi connectivity index (χ2n) is 8.61. The van der Waals surface area contributed by atoms with Crippen LogP contribution in [0, 0.1) is 90.6 Å². The van der Waals surface area contributed by atoms with Crippen molar-refractivity contribution in [2.45, 2.75) is 0 Å². The Morgan fingerprint density at radius 2 is 0.975 bits per heavy atom. The standard InChI is InChI=1S/C32H8N8/c33-9-17-1-3-23-24-4-2-18(6-27(24)30(26(23)5-17)21(12-36)13-37)31-29(16-40)25-7-19(10-34)20(11-35)8-28(25)32(31)22(14-38)15-39/h1-8H. The van der Waals surface area contributed by atoms with E-state index in [-0.39, 0.29) is 39.0 Å². The van der Waals surface area contributed by atoms with E-state index in [1.54, 1.807) is 36.4 Å². The first kappa shape index (κ1) is 24.5. The fourth-order valence-electron chi connectivity index (χ4n) is 5.14. The largest absolute Gasteiger partial charge is 0.192 e. The lowest BCUT2D eigenvalue weighted by Gasteiger charge is -2.11. The molecule has 0 saturated carbocycles. The molecular weight excluding hydrogens is 496 g/mol. The highest BCUT2D eigenvalue weighted by Crippen LogP contribution is 2.51. The van der Waals surface area contributed by atoms with Crippen LogP contribution in [0.4, 0.5) is 0 Å². The number of allylic oxidation sites excluding steroid dienone is 5. The zero-order chi connectivity index (χ0) is 28.6. The van der Waals surface area contributed by atoms with Gasteiger partial charge in [-0.2, -0.15) is 42.1 Å². The van der Waals surface area contributed by atoms with Crippen LogP contribution >= 0.6 is 0 Å². The van der Waals surface area contributed by atoms with Gasteiger partial charge in [-0.05, 0) is 63.7 Å². The SMILES string of the molecule is N#CC(C#N)=C1C(c2ccc3c(c2)C(=C(C#N)C#N)c2cc(C#N)ccc2-3)=C(C#N)c2cc(C#N)c(C#N)cc21. The highest BCUT2D eigenvalue weighted by atomic mass is 14.4. The summed E-state index contributed by atoms with van der Waals surface area (Å²) in [6, 6.07) is 28.5. The van der Waals surface area contributed by atoms with Crippen molar-refractivity contribution in [3.8, 4) is 59.7 Å². The van der Waals surface area contributed by atoms with Gasteiger partial charge in [-0.15, -0.1) is 0 Å². The van der Waals surface area contributed by atoms with E-state index < -0.39 is 0 Å². The van der Waals surface area contributed by atoms with Crippen molar-refractivity contribution in [2.24, 2.45) is 0 Å². The van der Waals surface area contributed by atoms with Gasteiger partial charge in [0.05, 0.1) is 28.3 Å². The van der Waals surface area contributed by atoms with Gasteiger partial charge < -0.3 is 0 Å². The first-order valence-corrected chi connectivity index (χ1v) is 11.4. The van der Waals surface area contributed by atoms with Crippen LogP contribution in [0.25, 0.3) is 33.4 Å². The lowest BCUT2D eigenvalue weighted by atomic mass is 9.89. The second-order valence-corrected chi connectivity index (χ2v) is 8.61. The van der Waals surface area contributed by atoms with Crippen LogP contribution in [0.2, 0.25) is 0 Å². The van der Waals surface area contributed by atoms with Gasteiger partial charge in [-0.1, -0.05) is 18.2 Å². The van der Waals surface area contributed by atoms with E-state index >= 15 is 0 Å². The summed E-state index contributed by atoms with van der Waals surface area (Å²) in [5, 5.41) is 77.9. The van der Waals surface area contributed by atoms with Crippen molar-refractivity contribution >= 4 is 22.3 Å². The van der Waals surface area contributed by atoms with Gasteiger partial charge >= 0.3 is 0 Å². The third-order valence-corrected chi connectivity index (χ3v) is 6.78. The molecule has 0 N–H and O–H groups in total. The number of hydrogen-bond donors (Lipinski definition) is 0. The van der Waals surface area contributed by atoms with Crippen LogP contribution in [-0.4, -0.2) is 0 Å². The average Bonchev–Trinajstić information content (AvgIpc) is 3.49. The van der Waals surface area contributed by atoms with E-state index in [4.69, 9.17) is 0 Å². The maximum atomic E-state index is 10.2. The van der Waals surface area contributed by atoms with Crippen molar-refractivity contribution in [1.82, 2.24) is 0 Å². The molecule has 176 valence electrons. The van der Waals surface area contributed by atoms with Crippen molar-refractivity contribution in [1.29, 1.82) is 42.1 Å². The summed E-state index contributed by atoms with van der Waals surface area (Å²) >= 11 is 0. The zero-order valence-corrected chi connectivity index (χ0v) is 20.2. The molecule has 5 rings (SSSR count). The maximum Gasteiger partial charge on any atom is 0.138 e. The summed E-state index contributed by atoms with van der Waals surface area (Å²) in [4.78, 5) is 0. The Morgan fingerprint density at radius 1 is 0.450 bits per heavy atom. The molecule has 0 fully saturated rings. The molecule has 0 bridgehead atoms. The lowest BCUT2D eigenvalue weighted by Crippen LogP contribution is -1.95. The predicted octanol–water partition coefficient (Wildman–Crippen LogP) is 5.38. The summed E-state index contributed by atoms with van der Waals surface area (Å²) in [5.74, 6) is 0. The molecule has 0 heterocycles. The van der Waals surface area contributed by atoms with Gasteiger partial charge in [0.15, 0.2) is 0 Å². The van der Waals surface area contributed by atoms with Gasteiger partial charge in [0.2, 0.25) is 0 Å². The summed E-state index contributed by atoms with van der Waals surface area (Å²) in [7, 11) is 0. The first-order chi connectivity index (χ1) is 19.5. The molecular formula is C32H8N8. The van der Waals surface area contributed by atoms with Crippen molar-refractivity contribution in [3.63, 3.8) is 0 Å². The van der Waals surface area contributed by atoms with Crippen LogP contribution in [0.3, 0.4) is 0 Å². The topological polar surface area (TPSA) is 190 Å². The van der Waals surface area contributed by atoms with Crippen LogP contribution in [0.15, 0.2) is 59.7 Å². The third kappa shape index (κ3) is 3.32. The Balaban J connectivity index is 1.88. The van der Waals surface area contributed by atoms with Gasteiger partial charge in [0.1, 0.15) is 53.6 Å². The van der Waals surface area contributed by atoms with E-state index in [1.807, 2.05) is 36.4 Å². The molecule has 0 unspecified atom stereocenters. The zero-order valence-electron chi connectivity index (χ0n) is 20.2. The highest BCUT2D eigenvalue weighted by molar-refractivity contribution is 6.26. The molecule has 3 aromatic rings. The third-order valence-electron chi connectivity index (χ3n) is 6.78. The monoisotopic (exact) mass is 504 g/mol. The van der Waals surface area contributed by atoms with E-state index in [9.17, 15) is 42.1 Å². The number of rotatable bonds is 1. The van der Waals surface area contributed by atoms with Gasteiger partial charge in [0.25, 0.3) is 0 Å². The lowest BCUT2D eigenvalue weighted by molar-refractivity contribution is 1.41. The fourth-order valence-corrected chi connectivity index (χ4v) is 5.14. The van der Waals surface area contributed by atoms with E-state index in [0.29, 0.717) is 50.1 Å². The fraction of sp³-hybridized carbons (Fsp3) is 0. The number of hydrogen-bond acceptors (Lipinski definition) is 8. The molecule has 8 nitrogen and oxygen atoms in total. The van der Waals surface area contributed by atoms with Crippen LogP contribution in [0.5, 0.6) is 0 Å². The molecule has 2 aliphatic rings. The van der Waals surface area contributed by atoms with Crippen molar-refractivity contribution in [3.05, 3.63) is 104 Å². The van der Waals surface area contributed by atoms with Crippen LogP contribution in [-0.2, 0) is 0 Å². The second kappa shape index (κ2) is 9.35. The number of nitriles is 8. The Bertz CT molecular complexity index is 2150. The van der Waals surface area contributed by atoms with Gasteiger partial charge in [0, 0.05) is 22.3 Å². The summed E-state index contributed by atoms with van der Waals surface area (Å²) < 4.78 is 0. The van der Waals surface area contributed by atoms with Crippen molar-refractivity contribution < 1.29 is 0 Å². The van der Waals surface area contributed by atoms with E-state index in [0.717, 1.165) is 0 Å². The van der Waals surface area contributed by atoms with Gasteiger partial charge in [-0.3, -0.25) is 0 Å². The molecule has 0 atom stereocenters. The summed E-state index contributed by atoms with van der Waals surface area (Å²) in [6.45, 7) is 0. The van der Waals surface area contributed by atoms with Gasteiger partial charge in [-0.25, -0.2) is 0 Å². The molecule has 0 amide bonds. The molecule has 40 heavy (non-hydrogen) atoms. The molecule has 0 radical (unpaired) electrons. The molecule has 0 aliphatic heterocycles. The molecule has 0 aromatic heterocycles. The molecule has 0 saturated heterocycles. The Hall–Kier alpha value is -7.20. The minimum absolute atomic E-state index is 0.0307. The average molecular weight is 504 g/mol. The summed E-state index contributed by atoms with van der Waals surface area (Å²) in [6.07, 6.45) is 0. The van der Waals surface area contributed by atoms with E-state index in [2.05, 4.69) is 12.1 Å². The first-order valence-electron chi connectivity index (χ1n) is 11.4. The maximum absolute atomic E-state index is 10.2. The quantitative estimate of drug-likeness (QED) is 0.308. The highest BCUT2D eigenvalue weighted by Gasteiger charge is 2.34. The Kier molecular flexibility index (Phi) is 5.73. The molecule has 3 aromatic carbocycles. The molecule has 8 heteroatoms. The normalized spacial score (nSPS) is 11.6. The minimum atomic E-state index is -0.289. The number of benzene rings is 3. The van der Waals surface area contributed by atoms with Crippen molar-refractivity contribution in [2.75, 3.05) is 0 Å².